The minimum atomic E-state index is -3.11. The molecule has 2 rings (SSSR count). The van der Waals surface area contributed by atoms with E-state index in [2.05, 4.69) is 20.3 Å². The van der Waals surface area contributed by atoms with Crippen LogP contribution in [0.15, 0.2) is 0 Å². The Hall–Kier alpha value is -0.700. The molecule has 7 nitrogen and oxygen atoms in total. The van der Waals surface area contributed by atoms with Gasteiger partial charge in [0.15, 0.2) is 0 Å². The van der Waals surface area contributed by atoms with Crippen LogP contribution in [0.1, 0.15) is 32.6 Å². The molecule has 3 N–H and O–H groups in total. The Bertz CT molecular complexity index is 477. The first-order valence-electron chi connectivity index (χ1n) is 8.71. The van der Waals surface area contributed by atoms with Gasteiger partial charge in [0.2, 0.25) is 15.9 Å². The largest absolute Gasteiger partial charge is 0.354 e. The fraction of sp³-hybridized carbons (Fsp3) is 0.933. The van der Waals surface area contributed by atoms with Crippen LogP contribution in [0.5, 0.6) is 0 Å². The summed E-state index contributed by atoms with van der Waals surface area (Å²) in [6.45, 7) is 6.40. The van der Waals surface area contributed by atoms with Gasteiger partial charge < -0.3 is 15.5 Å². The van der Waals surface area contributed by atoms with Gasteiger partial charge in [0, 0.05) is 26.2 Å². The average molecular weight is 346 g/mol. The number of likely N-dealkylation sites (tertiary alicyclic amines) is 1. The predicted octanol–water partition coefficient (Wildman–Crippen LogP) is -0.494. The van der Waals surface area contributed by atoms with Gasteiger partial charge in [-0.05, 0) is 51.6 Å². The molecule has 0 radical (unpaired) electrons. The molecule has 0 spiro atoms. The number of sulfonamides is 1. The molecule has 23 heavy (non-hydrogen) atoms. The lowest BCUT2D eigenvalue weighted by molar-refractivity contribution is -0.123. The summed E-state index contributed by atoms with van der Waals surface area (Å²) in [6, 6.07) is -0.0156. The van der Waals surface area contributed by atoms with Crippen LogP contribution < -0.4 is 15.4 Å². The summed E-state index contributed by atoms with van der Waals surface area (Å²) in [4.78, 5) is 14.3. The van der Waals surface area contributed by atoms with E-state index in [9.17, 15) is 13.2 Å². The van der Waals surface area contributed by atoms with Gasteiger partial charge in [0.25, 0.3) is 0 Å². The number of amides is 1. The smallest absolute Gasteiger partial charge is 0.237 e. The van der Waals surface area contributed by atoms with Crippen molar-refractivity contribution in [2.75, 3.05) is 45.0 Å². The zero-order valence-corrected chi connectivity index (χ0v) is 14.8. The molecule has 8 heteroatoms. The zero-order chi connectivity index (χ0) is 16.7. The van der Waals surface area contributed by atoms with Crippen LogP contribution in [-0.2, 0) is 14.8 Å². The Balaban J connectivity index is 1.65. The van der Waals surface area contributed by atoms with Crippen molar-refractivity contribution in [1.29, 1.82) is 0 Å². The van der Waals surface area contributed by atoms with E-state index < -0.39 is 10.0 Å². The van der Waals surface area contributed by atoms with Crippen molar-refractivity contribution in [2.24, 2.45) is 5.92 Å². The molecule has 2 aliphatic rings. The average Bonchev–Trinajstić information content (AvgIpc) is 3.07. The summed E-state index contributed by atoms with van der Waals surface area (Å²) in [5.41, 5.74) is 0. The Morgan fingerprint density at radius 3 is 2.83 bits per heavy atom. The molecule has 2 aliphatic heterocycles. The third kappa shape index (κ3) is 6.37. The van der Waals surface area contributed by atoms with Crippen LogP contribution in [0.2, 0.25) is 0 Å². The van der Waals surface area contributed by atoms with E-state index in [0.717, 1.165) is 51.9 Å². The number of hydrogen-bond acceptors (Lipinski definition) is 5. The van der Waals surface area contributed by atoms with E-state index in [1.807, 2.05) is 0 Å². The lowest BCUT2D eigenvalue weighted by Gasteiger charge is -2.33. The molecule has 0 aromatic carbocycles. The SMILES string of the molecule is CCS(=O)(=O)NCCN1CCCC(CNC(=O)C2CCCN2)C1. The van der Waals surface area contributed by atoms with Gasteiger partial charge >= 0.3 is 0 Å². The van der Waals surface area contributed by atoms with Crippen LogP contribution in [-0.4, -0.2) is 70.3 Å². The lowest BCUT2D eigenvalue weighted by Crippen LogP contribution is -2.46. The summed E-state index contributed by atoms with van der Waals surface area (Å²) < 4.78 is 25.5. The van der Waals surface area contributed by atoms with Crippen molar-refractivity contribution in [3.8, 4) is 0 Å². The molecule has 2 fully saturated rings. The first-order chi connectivity index (χ1) is 11.0. The summed E-state index contributed by atoms with van der Waals surface area (Å²) in [7, 11) is -3.11. The Kier molecular flexibility index (Phi) is 7.26. The van der Waals surface area contributed by atoms with Crippen LogP contribution in [0.25, 0.3) is 0 Å². The molecule has 0 saturated carbocycles. The molecule has 2 unspecified atom stereocenters. The second kappa shape index (κ2) is 8.96. The van der Waals surface area contributed by atoms with Crippen molar-refractivity contribution < 1.29 is 13.2 Å². The standard InChI is InChI=1S/C15H30N4O3S/c1-2-23(21,22)18-8-10-19-9-4-5-13(12-19)11-17-15(20)14-6-3-7-16-14/h13-14,16,18H,2-12H2,1H3,(H,17,20). The van der Waals surface area contributed by atoms with Crippen molar-refractivity contribution in [3.05, 3.63) is 0 Å². The number of nitrogens with zero attached hydrogens (tertiary/aromatic N) is 1. The molecular formula is C15H30N4O3S. The number of piperidine rings is 1. The summed E-state index contributed by atoms with van der Waals surface area (Å²) in [5.74, 6) is 0.698. The topological polar surface area (TPSA) is 90.5 Å². The maximum Gasteiger partial charge on any atom is 0.237 e. The Morgan fingerprint density at radius 1 is 1.30 bits per heavy atom. The highest BCUT2D eigenvalue weighted by molar-refractivity contribution is 7.89. The van der Waals surface area contributed by atoms with Gasteiger partial charge in [-0.3, -0.25) is 4.79 Å². The molecular weight excluding hydrogens is 316 g/mol. The van der Waals surface area contributed by atoms with Crippen LogP contribution in [0.3, 0.4) is 0 Å². The van der Waals surface area contributed by atoms with Gasteiger partial charge in [-0.15, -0.1) is 0 Å². The van der Waals surface area contributed by atoms with Crippen molar-refractivity contribution in [2.45, 2.75) is 38.6 Å². The predicted molar refractivity (Wildman–Crippen MR) is 90.7 cm³/mol. The van der Waals surface area contributed by atoms with Gasteiger partial charge in [-0.25, -0.2) is 13.1 Å². The molecule has 1 amide bonds. The first-order valence-corrected chi connectivity index (χ1v) is 10.4. The maximum absolute atomic E-state index is 12.0. The monoisotopic (exact) mass is 346 g/mol. The molecule has 2 saturated heterocycles. The Labute approximate surface area is 139 Å². The normalized spacial score (nSPS) is 26.3. The third-order valence-corrected chi connectivity index (χ3v) is 6.08. The van der Waals surface area contributed by atoms with Crippen molar-refractivity contribution in [3.63, 3.8) is 0 Å². The summed E-state index contributed by atoms with van der Waals surface area (Å²) in [6.07, 6.45) is 4.22. The van der Waals surface area contributed by atoms with E-state index in [0.29, 0.717) is 19.0 Å². The quantitative estimate of drug-likeness (QED) is 0.552. The van der Waals surface area contributed by atoms with E-state index in [4.69, 9.17) is 0 Å². The summed E-state index contributed by atoms with van der Waals surface area (Å²) in [5, 5.41) is 6.28. The van der Waals surface area contributed by atoms with E-state index in [1.165, 1.54) is 0 Å². The van der Waals surface area contributed by atoms with Crippen LogP contribution in [0.4, 0.5) is 0 Å². The number of nitrogens with one attached hydrogen (secondary N) is 3. The van der Waals surface area contributed by atoms with Crippen molar-refractivity contribution >= 4 is 15.9 Å². The lowest BCUT2D eigenvalue weighted by atomic mass is 9.98. The highest BCUT2D eigenvalue weighted by Crippen LogP contribution is 2.15. The first kappa shape index (κ1) is 18.6. The van der Waals surface area contributed by atoms with Gasteiger partial charge in [0.05, 0.1) is 11.8 Å². The second-order valence-electron chi connectivity index (χ2n) is 6.50. The second-order valence-corrected chi connectivity index (χ2v) is 8.60. The maximum atomic E-state index is 12.0. The molecule has 0 aromatic heterocycles. The third-order valence-electron chi connectivity index (χ3n) is 4.67. The van der Waals surface area contributed by atoms with E-state index >= 15 is 0 Å². The van der Waals surface area contributed by atoms with Gasteiger partial charge in [-0.1, -0.05) is 0 Å². The fourth-order valence-electron chi connectivity index (χ4n) is 3.26. The number of carbonyl (C=O) groups excluding carboxylic acids is 1. The van der Waals surface area contributed by atoms with Crippen molar-refractivity contribution in [1.82, 2.24) is 20.3 Å². The molecule has 0 aliphatic carbocycles. The number of hydrogen-bond donors (Lipinski definition) is 3. The zero-order valence-electron chi connectivity index (χ0n) is 14.0. The van der Waals surface area contributed by atoms with Gasteiger partial charge in [0.1, 0.15) is 0 Å². The highest BCUT2D eigenvalue weighted by Gasteiger charge is 2.24. The number of rotatable bonds is 8. The number of carbonyl (C=O) groups is 1. The molecule has 2 heterocycles. The summed E-state index contributed by atoms with van der Waals surface area (Å²) >= 11 is 0. The fourth-order valence-corrected chi connectivity index (χ4v) is 3.87. The Morgan fingerprint density at radius 2 is 2.13 bits per heavy atom. The van der Waals surface area contributed by atoms with Gasteiger partial charge in [-0.2, -0.15) is 0 Å². The molecule has 0 bridgehead atoms. The molecule has 2 atom stereocenters. The molecule has 0 aromatic rings. The van der Waals surface area contributed by atoms with E-state index in [-0.39, 0.29) is 17.7 Å². The molecule has 134 valence electrons. The minimum absolute atomic E-state index is 0.0156. The highest BCUT2D eigenvalue weighted by atomic mass is 32.2. The van der Waals surface area contributed by atoms with Crippen LogP contribution >= 0.6 is 0 Å². The van der Waals surface area contributed by atoms with Crippen LogP contribution in [0, 0.1) is 5.92 Å². The minimum Gasteiger partial charge on any atom is -0.354 e. The van der Waals surface area contributed by atoms with E-state index in [1.54, 1.807) is 6.92 Å².